The van der Waals surface area contributed by atoms with Crippen molar-refractivity contribution in [2.24, 2.45) is 0 Å². The zero-order valence-electron chi connectivity index (χ0n) is 16.0. The summed E-state index contributed by atoms with van der Waals surface area (Å²) in [7, 11) is 0. The van der Waals surface area contributed by atoms with Crippen LogP contribution in [0.1, 0.15) is 35.2 Å². The number of aromatic nitrogens is 2. The molecule has 4 nitrogen and oxygen atoms in total. The largest absolute Gasteiger partial charge is 0.573 e. The van der Waals surface area contributed by atoms with Crippen LogP contribution >= 0.6 is 11.3 Å². The molecule has 0 fully saturated rings. The maximum Gasteiger partial charge on any atom is 0.573 e. The van der Waals surface area contributed by atoms with E-state index in [1.165, 1.54) is 10.9 Å². The summed E-state index contributed by atoms with van der Waals surface area (Å²) in [6.45, 7) is 6.41. The second kappa shape index (κ2) is 8.34. The molecule has 0 spiro atoms. The van der Waals surface area contributed by atoms with E-state index in [1.54, 1.807) is 30.4 Å². The molecular weight excluding hydrogens is 387 g/mol. The van der Waals surface area contributed by atoms with Gasteiger partial charge in [-0.3, -0.25) is 0 Å². The van der Waals surface area contributed by atoms with Crippen molar-refractivity contribution in [3.8, 4) is 5.75 Å². The van der Waals surface area contributed by atoms with Gasteiger partial charge < -0.3 is 10.1 Å². The fourth-order valence-electron chi connectivity index (χ4n) is 2.98. The Kier molecular flexibility index (Phi) is 6.07. The molecule has 3 rings (SSSR count). The lowest BCUT2D eigenvalue weighted by Crippen LogP contribution is -2.17. The van der Waals surface area contributed by atoms with Gasteiger partial charge in [0.1, 0.15) is 22.2 Å². The Labute approximate surface area is 165 Å². The molecule has 0 saturated heterocycles. The average Bonchev–Trinajstić information content (AvgIpc) is 2.99. The van der Waals surface area contributed by atoms with Crippen molar-refractivity contribution in [3.63, 3.8) is 0 Å². The SMILES string of the molecule is CCc1nc(NCCCc2ccc(OC(F)(F)F)c(C)c2)c2cc(C)sc2n1. The molecule has 3 aromatic rings. The smallest absolute Gasteiger partial charge is 0.406 e. The number of hydrogen-bond donors (Lipinski definition) is 1. The van der Waals surface area contributed by atoms with Crippen molar-refractivity contribution in [1.82, 2.24) is 9.97 Å². The summed E-state index contributed by atoms with van der Waals surface area (Å²) in [6.07, 6.45) is -2.32. The third-order valence-corrected chi connectivity index (χ3v) is 5.22. The highest BCUT2D eigenvalue weighted by Gasteiger charge is 2.31. The van der Waals surface area contributed by atoms with Crippen LogP contribution in [-0.2, 0) is 12.8 Å². The Balaban J connectivity index is 1.60. The number of hydrogen-bond acceptors (Lipinski definition) is 5. The first-order chi connectivity index (χ1) is 13.2. The highest BCUT2D eigenvalue weighted by Crippen LogP contribution is 2.29. The van der Waals surface area contributed by atoms with Crippen LogP contribution in [0.5, 0.6) is 5.75 Å². The van der Waals surface area contributed by atoms with Gasteiger partial charge in [0.2, 0.25) is 0 Å². The van der Waals surface area contributed by atoms with Crippen molar-refractivity contribution in [1.29, 1.82) is 0 Å². The maximum absolute atomic E-state index is 12.4. The Hall–Kier alpha value is -2.35. The summed E-state index contributed by atoms with van der Waals surface area (Å²) in [6, 6.07) is 6.88. The third kappa shape index (κ3) is 5.13. The van der Waals surface area contributed by atoms with Crippen LogP contribution in [0.4, 0.5) is 19.0 Å². The summed E-state index contributed by atoms with van der Waals surface area (Å²) in [4.78, 5) is 11.3. The standard InChI is InChI=1S/C20H22F3N3OS/c1-4-17-25-18(15-11-13(3)28-19(15)26-17)24-9-5-6-14-7-8-16(12(2)10-14)27-20(21,22)23/h7-8,10-11H,4-6,9H2,1-3H3,(H,24,25,26). The molecule has 2 heterocycles. The van der Waals surface area contributed by atoms with E-state index in [9.17, 15) is 13.2 Å². The number of rotatable bonds is 7. The summed E-state index contributed by atoms with van der Waals surface area (Å²) >= 11 is 1.66. The number of fused-ring (bicyclic) bond motifs is 1. The number of halogens is 3. The van der Waals surface area contributed by atoms with E-state index in [0.29, 0.717) is 12.1 Å². The van der Waals surface area contributed by atoms with Crippen LogP contribution in [0, 0.1) is 13.8 Å². The average molecular weight is 409 g/mol. The molecule has 150 valence electrons. The second-order valence-electron chi connectivity index (χ2n) is 6.60. The van der Waals surface area contributed by atoms with Gasteiger partial charge in [0.15, 0.2) is 0 Å². The summed E-state index contributed by atoms with van der Waals surface area (Å²) in [5.74, 6) is 1.50. The summed E-state index contributed by atoms with van der Waals surface area (Å²) < 4.78 is 41.1. The van der Waals surface area contributed by atoms with Gasteiger partial charge in [0.25, 0.3) is 0 Å². The molecule has 0 radical (unpaired) electrons. The molecule has 28 heavy (non-hydrogen) atoms. The quantitative estimate of drug-likeness (QED) is 0.500. The van der Waals surface area contributed by atoms with E-state index in [1.807, 2.05) is 6.92 Å². The number of nitrogens with zero attached hydrogens (tertiary/aromatic N) is 2. The molecule has 1 aromatic carbocycles. The normalized spacial score (nSPS) is 11.8. The van der Waals surface area contributed by atoms with E-state index in [0.717, 1.165) is 46.7 Å². The van der Waals surface area contributed by atoms with Crippen LogP contribution < -0.4 is 10.1 Å². The van der Waals surface area contributed by atoms with Crippen LogP contribution in [0.15, 0.2) is 24.3 Å². The van der Waals surface area contributed by atoms with E-state index in [-0.39, 0.29) is 5.75 Å². The predicted octanol–water partition coefficient (Wildman–Crippen LogP) is 5.81. The van der Waals surface area contributed by atoms with E-state index in [4.69, 9.17) is 0 Å². The van der Waals surface area contributed by atoms with Gasteiger partial charge in [0, 0.05) is 17.8 Å². The van der Waals surface area contributed by atoms with Gasteiger partial charge in [-0.05, 0) is 49.9 Å². The lowest BCUT2D eigenvalue weighted by molar-refractivity contribution is -0.274. The van der Waals surface area contributed by atoms with Crippen molar-refractivity contribution in [3.05, 3.63) is 46.1 Å². The first-order valence-corrected chi connectivity index (χ1v) is 9.93. The number of benzene rings is 1. The van der Waals surface area contributed by atoms with Crippen LogP contribution in [0.2, 0.25) is 0 Å². The van der Waals surface area contributed by atoms with E-state index in [2.05, 4.69) is 33.0 Å². The zero-order chi connectivity index (χ0) is 20.3. The van der Waals surface area contributed by atoms with Gasteiger partial charge >= 0.3 is 6.36 Å². The number of ether oxygens (including phenoxy) is 1. The molecule has 0 bridgehead atoms. The minimum absolute atomic E-state index is 0.155. The Bertz CT molecular complexity index is 969. The topological polar surface area (TPSA) is 47.0 Å². The van der Waals surface area contributed by atoms with Crippen molar-refractivity contribution in [2.75, 3.05) is 11.9 Å². The van der Waals surface area contributed by atoms with Crippen molar-refractivity contribution in [2.45, 2.75) is 46.4 Å². The molecule has 0 amide bonds. The van der Waals surface area contributed by atoms with E-state index >= 15 is 0 Å². The molecule has 0 atom stereocenters. The number of thiophene rings is 1. The molecule has 2 aromatic heterocycles. The van der Waals surface area contributed by atoms with Gasteiger partial charge in [-0.2, -0.15) is 0 Å². The van der Waals surface area contributed by atoms with Gasteiger partial charge in [0.05, 0.1) is 5.39 Å². The third-order valence-electron chi connectivity index (χ3n) is 4.28. The molecule has 0 saturated carbocycles. The molecular formula is C20H22F3N3OS. The Morgan fingerprint density at radius 1 is 1.14 bits per heavy atom. The molecule has 0 aliphatic heterocycles. The lowest BCUT2D eigenvalue weighted by atomic mass is 10.1. The van der Waals surface area contributed by atoms with Crippen molar-refractivity contribution < 1.29 is 17.9 Å². The zero-order valence-corrected chi connectivity index (χ0v) is 16.8. The van der Waals surface area contributed by atoms with E-state index < -0.39 is 6.36 Å². The highest BCUT2D eigenvalue weighted by molar-refractivity contribution is 7.18. The first kappa shape index (κ1) is 20.4. The molecule has 0 aliphatic carbocycles. The Morgan fingerprint density at radius 3 is 2.61 bits per heavy atom. The Morgan fingerprint density at radius 2 is 1.93 bits per heavy atom. The van der Waals surface area contributed by atoms with Crippen LogP contribution in [0.3, 0.4) is 0 Å². The van der Waals surface area contributed by atoms with Gasteiger partial charge in [-0.1, -0.05) is 19.1 Å². The number of alkyl halides is 3. The fraction of sp³-hybridized carbons (Fsp3) is 0.400. The molecule has 8 heteroatoms. The number of aryl methyl sites for hydroxylation is 4. The highest BCUT2D eigenvalue weighted by atomic mass is 32.1. The van der Waals surface area contributed by atoms with Gasteiger partial charge in [-0.15, -0.1) is 24.5 Å². The fourth-order valence-corrected chi connectivity index (χ4v) is 3.88. The minimum Gasteiger partial charge on any atom is -0.406 e. The second-order valence-corrected chi connectivity index (χ2v) is 7.83. The van der Waals surface area contributed by atoms with Crippen LogP contribution in [0.25, 0.3) is 10.2 Å². The van der Waals surface area contributed by atoms with Gasteiger partial charge in [-0.25, -0.2) is 9.97 Å². The van der Waals surface area contributed by atoms with Crippen molar-refractivity contribution >= 4 is 27.4 Å². The minimum atomic E-state index is -4.67. The van der Waals surface area contributed by atoms with Crippen LogP contribution in [-0.4, -0.2) is 22.9 Å². The molecule has 1 N–H and O–H groups in total. The molecule has 0 aliphatic rings. The monoisotopic (exact) mass is 409 g/mol. The number of anilines is 1. The first-order valence-electron chi connectivity index (χ1n) is 9.11. The lowest BCUT2D eigenvalue weighted by Gasteiger charge is -2.12. The summed E-state index contributed by atoms with van der Waals surface area (Å²) in [5, 5.41) is 4.42. The predicted molar refractivity (Wildman–Crippen MR) is 106 cm³/mol. The number of nitrogens with one attached hydrogen (secondary N) is 1. The maximum atomic E-state index is 12.4. The summed E-state index contributed by atoms with van der Waals surface area (Å²) in [5.41, 5.74) is 1.45. The molecule has 0 unspecified atom stereocenters.